The summed E-state index contributed by atoms with van der Waals surface area (Å²) >= 11 is 3.61. The van der Waals surface area contributed by atoms with Gasteiger partial charge in [-0.05, 0) is 81.2 Å². The number of imidazole rings is 1. The van der Waals surface area contributed by atoms with Crippen molar-refractivity contribution in [2.75, 3.05) is 0 Å². The van der Waals surface area contributed by atoms with Crippen LogP contribution < -0.4 is 5.19 Å². The van der Waals surface area contributed by atoms with Gasteiger partial charge in [0.1, 0.15) is 4.83 Å². The minimum Gasteiger partial charge on any atom is -0.333 e. The standard InChI is InChI=1S/C34H24N3S2.C18H23FNSi.Ir/c1-19(2)21-13-14-22-24-15-16-28(20(3)31(24)38-30(22)18-21)37-29-12-5-4-11-27(29)36-33(37)26-9-6-8-23-25-10-7-17-35-34(25)39-32(23)26;1-12(2)15-10-17(20-11-18(15)21(4,5)6)14-8-7-13(3)9-16(14)19;/h4-8,10-19H,1-3H3;7,9-12H,1-6H3;/q2*-1;/i;3D3,12D;. The molecule has 5 heterocycles. The first-order valence-corrected chi connectivity index (χ1v) is 25.3. The zero-order valence-electron chi connectivity index (χ0n) is 39.3. The summed E-state index contributed by atoms with van der Waals surface area (Å²) in [6.45, 7) is 14.5. The van der Waals surface area contributed by atoms with Crippen LogP contribution in [0.3, 0.4) is 0 Å². The van der Waals surface area contributed by atoms with Crippen molar-refractivity contribution in [3.05, 3.63) is 150 Å². The Morgan fingerprint density at radius 3 is 2.36 bits per heavy atom. The van der Waals surface area contributed by atoms with Crippen LogP contribution in [0.2, 0.25) is 19.6 Å². The monoisotopic (exact) mass is 1040 g/mol. The van der Waals surface area contributed by atoms with E-state index < -0.39 is 26.6 Å². The molecule has 10 aromatic rings. The Morgan fingerprint density at radius 1 is 0.820 bits per heavy atom. The number of fused-ring (bicyclic) bond motifs is 7. The number of hydrogen-bond donors (Lipinski definition) is 0. The van der Waals surface area contributed by atoms with E-state index in [9.17, 15) is 4.39 Å². The molecule has 0 saturated heterocycles. The van der Waals surface area contributed by atoms with Gasteiger partial charge in [-0.3, -0.25) is 9.37 Å². The molecule has 0 aliphatic heterocycles. The van der Waals surface area contributed by atoms with E-state index in [0.29, 0.717) is 11.6 Å². The topological polar surface area (TPSA) is 43.6 Å². The quantitative estimate of drug-likeness (QED) is 0.123. The van der Waals surface area contributed by atoms with E-state index in [0.717, 1.165) is 49.8 Å². The fourth-order valence-electron chi connectivity index (χ4n) is 8.03. The first-order chi connectivity index (χ1) is 30.3. The number of hydrogen-bond acceptors (Lipinski definition) is 5. The van der Waals surface area contributed by atoms with Gasteiger partial charge in [-0.25, -0.2) is 4.98 Å². The maximum Gasteiger partial charge on any atom is 0.113 e. The predicted octanol–water partition coefficient (Wildman–Crippen LogP) is 14.7. The van der Waals surface area contributed by atoms with E-state index >= 15 is 0 Å². The minimum atomic E-state index is -2.38. The molecular formula is C52H47FIrN4S2Si-2. The third-order valence-electron chi connectivity index (χ3n) is 11.2. The third-order valence-corrected chi connectivity index (χ3v) is 15.6. The Labute approximate surface area is 385 Å². The zero-order chi connectivity index (χ0) is 45.5. The second kappa shape index (κ2) is 16.8. The number of aryl methyl sites for hydroxylation is 2. The molecule has 0 bridgehead atoms. The number of pyridine rings is 2. The molecule has 61 heavy (non-hydrogen) atoms. The second-order valence-electron chi connectivity index (χ2n) is 16.9. The van der Waals surface area contributed by atoms with Gasteiger partial charge in [0.15, 0.2) is 0 Å². The number of rotatable bonds is 6. The number of benzene rings is 5. The number of nitrogens with zero attached hydrogens (tertiary/aromatic N) is 4. The predicted molar refractivity (Wildman–Crippen MR) is 258 cm³/mol. The molecule has 309 valence electrons. The van der Waals surface area contributed by atoms with E-state index in [-0.39, 0.29) is 31.2 Å². The van der Waals surface area contributed by atoms with Crippen LogP contribution in [0.4, 0.5) is 4.39 Å². The van der Waals surface area contributed by atoms with Crippen LogP contribution in [0.5, 0.6) is 0 Å². The van der Waals surface area contributed by atoms with Crippen LogP contribution in [0, 0.1) is 31.7 Å². The maximum atomic E-state index is 14.5. The molecule has 9 heteroatoms. The first-order valence-electron chi connectivity index (χ1n) is 22.1. The Hall–Kier alpha value is -4.89. The normalized spacial score (nSPS) is 13.3. The van der Waals surface area contributed by atoms with Crippen LogP contribution in [0.25, 0.3) is 79.8 Å². The largest absolute Gasteiger partial charge is 0.333 e. The van der Waals surface area contributed by atoms with Gasteiger partial charge in [-0.15, -0.1) is 53.3 Å². The Balaban J connectivity index is 0.000000194. The molecule has 0 aliphatic rings. The molecule has 4 nitrogen and oxygen atoms in total. The van der Waals surface area contributed by atoms with Crippen molar-refractivity contribution in [3.63, 3.8) is 0 Å². The van der Waals surface area contributed by atoms with Crippen molar-refractivity contribution < 1.29 is 30.0 Å². The average molecular weight is 1040 g/mol. The molecule has 5 aromatic heterocycles. The summed E-state index contributed by atoms with van der Waals surface area (Å²) in [4.78, 5) is 15.3. The van der Waals surface area contributed by atoms with Gasteiger partial charge in [0.2, 0.25) is 0 Å². The molecule has 0 amide bonds. The summed E-state index contributed by atoms with van der Waals surface area (Å²) in [5, 5.41) is 6.10. The van der Waals surface area contributed by atoms with Crippen molar-refractivity contribution in [3.8, 4) is 28.3 Å². The van der Waals surface area contributed by atoms with Gasteiger partial charge in [0.25, 0.3) is 0 Å². The fourth-order valence-corrected chi connectivity index (χ4v) is 12.0. The zero-order valence-corrected chi connectivity index (χ0v) is 40.3. The van der Waals surface area contributed by atoms with Gasteiger partial charge in [0, 0.05) is 69.7 Å². The van der Waals surface area contributed by atoms with E-state index in [1.165, 1.54) is 52.8 Å². The number of thiophene rings is 2. The summed E-state index contributed by atoms with van der Waals surface area (Å²) in [6.07, 6.45) is 3.60. The van der Waals surface area contributed by atoms with Crippen LogP contribution in [0.1, 0.15) is 67.2 Å². The molecule has 1 radical (unpaired) electrons. The number of para-hydroxylation sites is 2. The van der Waals surface area contributed by atoms with Gasteiger partial charge in [0.05, 0.1) is 24.9 Å². The van der Waals surface area contributed by atoms with E-state index in [1.54, 1.807) is 37.4 Å². The van der Waals surface area contributed by atoms with Crippen molar-refractivity contribution in [1.82, 2.24) is 19.5 Å². The molecule has 0 fully saturated rings. The Morgan fingerprint density at radius 2 is 1.61 bits per heavy atom. The number of halogens is 1. The molecule has 0 spiro atoms. The van der Waals surface area contributed by atoms with Crippen molar-refractivity contribution in [1.29, 1.82) is 0 Å². The van der Waals surface area contributed by atoms with Gasteiger partial charge >= 0.3 is 0 Å². The third kappa shape index (κ3) is 7.81. The maximum absolute atomic E-state index is 14.5. The van der Waals surface area contributed by atoms with Crippen LogP contribution >= 0.6 is 22.7 Å². The summed E-state index contributed by atoms with van der Waals surface area (Å²) < 4.78 is 51.2. The molecule has 0 N–H and O–H groups in total. The van der Waals surface area contributed by atoms with Crippen LogP contribution in [0.15, 0.2) is 109 Å². The molecule has 0 atom stereocenters. The SMILES string of the molecule is Cc1c(-n2c(-c3[c-]ccc4c3sc3ncccc34)nc3ccccc32)ccc2c1sc1cc(C(C)C)ccc12.[2H]C([2H])([2H])c1c[c-]c(-c2cc(C([2H])(C)C)c([Si](C)(C)C)cn2)c(F)c1.[Ir]. The van der Waals surface area contributed by atoms with Crippen molar-refractivity contribution >= 4 is 87.4 Å². The molecule has 0 saturated carbocycles. The summed E-state index contributed by atoms with van der Waals surface area (Å²) in [5.74, 6) is -0.0867. The molecular weight excluding hydrogens is 984 g/mol. The molecule has 0 aliphatic carbocycles. The van der Waals surface area contributed by atoms with Crippen LogP contribution in [-0.4, -0.2) is 27.6 Å². The van der Waals surface area contributed by atoms with Crippen molar-refractivity contribution in [2.24, 2.45) is 0 Å². The first kappa shape index (κ1) is 37.8. The van der Waals surface area contributed by atoms with E-state index in [2.05, 4.69) is 134 Å². The average Bonchev–Trinajstić information content (AvgIpc) is 3.94. The van der Waals surface area contributed by atoms with Crippen LogP contribution in [-0.2, 0) is 20.1 Å². The molecule has 5 aromatic carbocycles. The fraction of sp³-hybridized carbons (Fsp3) is 0.212. The summed E-state index contributed by atoms with van der Waals surface area (Å²) in [5.41, 5.74) is 8.14. The van der Waals surface area contributed by atoms with Gasteiger partial charge in [-0.1, -0.05) is 119 Å². The van der Waals surface area contributed by atoms with Gasteiger partial charge in [-0.2, -0.15) is 11.3 Å². The van der Waals surface area contributed by atoms with E-state index in [4.69, 9.17) is 10.5 Å². The van der Waals surface area contributed by atoms with E-state index in [1.807, 2.05) is 29.7 Å². The smallest absolute Gasteiger partial charge is 0.113 e. The molecule has 10 rings (SSSR count). The van der Waals surface area contributed by atoms with Crippen molar-refractivity contribution in [2.45, 2.75) is 72.9 Å². The molecule has 0 unspecified atom stereocenters. The Bertz CT molecular complexity index is 3430. The Kier molecular flexibility index (Phi) is 10.4. The minimum absolute atomic E-state index is 0. The summed E-state index contributed by atoms with van der Waals surface area (Å²) in [6, 6.07) is 38.6. The second-order valence-corrected chi connectivity index (χ2v) is 24.0. The summed E-state index contributed by atoms with van der Waals surface area (Å²) in [7, 11) is -1.72. The van der Waals surface area contributed by atoms with Gasteiger partial charge < -0.3 is 9.55 Å². The number of aromatic nitrogens is 4.